The van der Waals surface area contributed by atoms with Gasteiger partial charge in [-0.25, -0.2) is 8.42 Å². The molecule has 134 valence electrons. The third-order valence-corrected chi connectivity index (χ3v) is 6.37. The molecule has 1 amide bonds. The van der Waals surface area contributed by atoms with Gasteiger partial charge in [-0.1, -0.05) is 25.4 Å². The van der Waals surface area contributed by atoms with Crippen LogP contribution in [0.25, 0.3) is 0 Å². The predicted molar refractivity (Wildman–Crippen MR) is 95.9 cm³/mol. The minimum Gasteiger partial charge on any atom is -0.339 e. The third kappa shape index (κ3) is 4.10. The molecule has 2 rings (SSSR count). The van der Waals surface area contributed by atoms with Gasteiger partial charge in [-0.15, -0.1) is 0 Å². The van der Waals surface area contributed by atoms with Crippen molar-refractivity contribution < 1.29 is 13.2 Å². The molecule has 24 heavy (non-hydrogen) atoms. The van der Waals surface area contributed by atoms with Crippen LogP contribution in [0.4, 0.5) is 0 Å². The lowest BCUT2D eigenvalue weighted by Crippen LogP contribution is -2.33. The van der Waals surface area contributed by atoms with Crippen molar-refractivity contribution in [3.8, 4) is 0 Å². The Bertz CT molecular complexity index is 679. The van der Waals surface area contributed by atoms with Crippen LogP contribution in [-0.4, -0.2) is 49.7 Å². The second-order valence-corrected chi connectivity index (χ2v) is 8.39. The van der Waals surface area contributed by atoms with E-state index < -0.39 is 10.0 Å². The summed E-state index contributed by atoms with van der Waals surface area (Å²) in [7, 11) is -3.56. The number of benzene rings is 1. The van der Waals surface area contributed by atoms with Gasteiger partial charge in [0.25, 0.3) is 5.91 Å². The fraction of sp³-hybridized carbons (Fsp3) is 0.588. The molecule has 0 aromatic heterocycles. The topological polar surface area (TPSA) is 57.7 Å². The summed E-state index contributed by atoms with van der Waals surface area (Å²) >= 11 is 6.19. The first-order valence-electron chi connectivity index (χ1n) is 8.50. The Balaban J connectivity index is 2.36. The predicted octanol–water partition coefficient (Wildman–Crippen LogP) is 3.39. The van der Waals surface area contributed by atoms with Gasteiger partial charge >= 0.3 is 0 Å². The molecule has 7 heteroatoms. The summed E-state index contributed by atoms with van der Waals surface area (Å²) in [6, 6.07) is 4.42. The summed E-state index contributed by atoms with van der Waals surface area (Å²) in [4.78, 5) is 14.7. The maximum absolute atomic E-state index is 12.8. The van der Waals surface area contributed by atoms with Gasteiger partial charge in [0.2, 0.25) is 10.0 Å². The summed E-state index contributed by atoms with van der Waals surface area (Å²) in [6.45, 7) is 6.34. The molecule has 0 radical (unpaired) electrons. The Kier molecular flexibility index (Phi) is 6.66. The molecule has 0 N–H and O–H groups in total. The standard InChI is InChI=1S/C17H25ClN2O3S/c1-3-9-19(10-4-2)17(21)15-13-14(7-8-16(15)18)24(22,23)20-11-5-6-12-20/h7-8,13H,3-6,9-12H2,1-2H3. The summed E-state index contributed by atoms with van der Waals surface area (Å²) in [5.41, 5.74) is 0.263. The number of hydrogen-bond donors (Lipinski definition) is 0. The highest BCUT2D eigenvalue weighted by atomic mass is 35.5. The Morgan fingerprint density at radius 3 is 2.29 bits per heavy atom. The van der Waals surface area contributed by atoms with Crippen molar-refractivity contribution >= 4 is 27.5 Å². The van der Waals surface area contributed by atoms with Crippen molar-refractivity contribution in [2.75, 3.05) is 26.2 Å². The van der Waals surface area contributed by atoms with E-state index >= 15 is 0 Å². The molecular weight excluding hydrogens is 348 g/mol. The maximum atomic E-state index is 12.8. The quantitative estimate of drug-likeness (QED) is 0.737. The molecule has 5 nitrogen and oxygen atoms in total. The number of amides is 1. The van der Waals surface area contributed by atoms with Gasteiger partial charge in [-0.3, -0.25) is 4.79 Å². The van der Waals surface area contributed by atoms with Crippen molar-refractivity contribution in [1.82, 2.24) is 9.21 Å². The summed E-state index contributed by atoms with van der Waals surface area (Å²) in [5.74, 6) is -0.206. The zero-order chi connectivity index (χ0) is 17.7. The number of nitrogens with zero attached hydrogens (tertiary/aromatic N) is 2. The second-order valence-electron chi connectivity index (χ2n) is 6.05. The van der Waals surface area contributed by atoms with E-state index in [1.807, 2.05) is 13.8 Å². The van der Waals surface area contributed by atoms with Crippen molar-refractivity contribution in [3.05, 3.63) is 28.8 Å². The Morgan fingerprint density at radius 1 is 1.17 bits per heavy atom. The normalized spacial score (nSPS) is 15.6. The molecule has 0 bridgehead atoms. The Labute approximate surface area is 149 Å². The number of hydrogen-bond acceptors (Lipinski definition) is 3. The fourth-order valence-electron chi connectivity index (χ4n) is 2.93. The lowest BCUT2D eigenvalue weighted by Gasteiger charge is -2.23. The van der Waals surface area contributed by atoms with Crippen molar-refractivity contribution in [2.24, 2.45) is 0 Å². The average molecular weight is 373 g/mol. The van der Waals surface area contributed by atoms with Crippen LogP contribution < -0.4 is 0 Å². The third-order valence-electron chi connectivity index (χ3n) is 4.15. The fourth-order valence-corrected chi connectivity index (χ4v) is 4.67. The minimum atomic E-state index is -3.56. The Morgan fingerprint density at radius 2 is 1.75 bits per heavy atom. The molecule has 1 aliphatic heterocycles. The zero-order valence-electron chi connectivity index (χ0n) is 14.3. The van der Waals surface area contributed by atoms with E-state index in [-0.39, 0.29) is 21.4 Å². The molecule has 1 heterocycles. The molecule has 1 aromatic carbocycles. The second kappa shape index (κ2) is 8.32. The van der Waals surface area contributed by atoms with Gasteiger partial charge in [-0.2, -0.15) is 4.31 Å². The smallest absolute Gasteiger partial charge is 0.255 e. The van der Waals surface area contributed by atoms with Crippen LogP contribution in [0.1, 0.15) is 49.9 Å². The van der Waals surface area contributed by atoms with Crippen LogP contribution in [0, 0.1) is 0 Å². The van der Waals surface area contributed by atoms with E-state index in [0.717, 1.165) is 25.7 Å². The molecule has 1 aromatic rings. The SMILES string of the molecule is CCCN(CCC)C(=O)c1cc(S(=O)(=O)N2CCCC2)ccc1Cl. The largest absolute Gasteiger partial charge is 0.339 e. The van der Waals surface area contributed by atoms with Crippen molar-refractivity contribution in [2.45, 2.75) is 44.4 Å². The number of carbonyl (C=O) groups excluding carboxylic acids is 1. The minimum absolute atomic E-state index is 0.144. The molecule has 0 saturated carbocycles. The maximum Gasteiger partial charge on any atom is 0.255 e. The van der Waals surface area contributed by atoms with Gasteiger partial charge in [0.05, 0.1) is 15.5 Å². The van der Waals surface area contributed by atoms with E-state index in [2.05, 4.69) is 0 Å². The summed E-state index contributed by atoms with van der Waals surface area (Å²) in [5, 5.41) is 0.289. The lowest BCUT2D eigenvalue weighted by molar-refractivity contribution is 0.0755. The van der Waals surface area contributed by atoms with E-state index in [1.165, 1.54) is 22.5 Å². The molecule has 0 unspecified atom stereocenters. The molecule has 1 aliphatic rings. The number of halogens is 1. The first kappa shape index (κ1) is 19.2. The van der Waals surface area contributed by atoms with E-state index in [9.17, 15) is 13.2 Å². The molecule has 1 fully saturated rings. The van der Waals surface area contributed by atoms with Crippen LogP contribution in [0.5, 0.6) is 0 Å². The highest BCUT2D eigenvalue weighted by Gasteiger charge is 2.29. The number of rotatable bonds is 7. The van der Waals surface area contributed by atoms with E-state index in [0.29, 0.717) is 26.2 Å². The highest BCUT2D eigenvalue weighted by Crippen LogP contribution is 2.26. The lowest BCUT2D eigenvalue weighted by atomic mass is 10.2. The van der Waals surface area contributed by atoms with E-state index in [1.54, 1.807) is 4.90 Å². The molecule has 0 aliphatic carbocycles. The van der Waals surface area contributed by atoms with Gasteiger partial charge in [0.15, 0.2) is 0 Å². The van der Waals surface area contributed by atoms with Gasteiger partial charge < -0.3 is 4.90 Å². The van der Waals surface area contributed by atoms with Crippen molar-refractivity contribution in [3.63, 3.8) is 0 Å². The van der Waals surface area contributed by atoms with Crippen LogP contribution >= 0.6 is 11.6 Å². The molecule has 1 saturated heterocycles. The van der Waals surface area contributed by atoms with Crippen LogP contribution in [-0.2, 0) is 10.0 Å². The summed E-state index contributed by atoms with van der Waals surface area (Å²) in [6.07, 6.45) is 3.43. The zero-order valence-corrected chi connectivity index (χ0v) is 15.9. The summed E-state index contributed by atoms with van der Waals surface area (Å²) < 4.78 is 26.9. The molecule has 0 atom stereocenters. The van der Waals surface area contributed by atoms with Crippen LogP contribution in [0.3, 0.4) is 0 Å². The first-order valence-corrected chi connectivity index (χ1v) is 10.3. The Hall–Kier alpha value is -1.11. The highest BCUT2D eigenvalue weighted by molar-refractivity contribution is 7.89. The molecule has 0 spiro atoms. The number of sulfonamides is 1. The van der Waals surface area contributed by atoms with Crippen LogP contribution in [0.15, 0.2) is 23.1 Å². The van der Waals surface area contributed by atoms with Crippen LogP contribution in [0.2, 0.25) is 5.02 Å². The monoisotopic (exact) mass is 372 g/mol. The van der Waals surface area contributed by atoms with E-state index in [4.69, 9.17) is 11.6 Å². The average Bonchev–Trinajstić information content (AvgIpc) is 3.09. The number of carbonyl (C=O) groups is 1. The first-order chi connectivity index (χ1) is 11.4. The van der Waals surface area contributed by atoms with Gasteiger partial charge in [0, 0.05) is 26.2 Å². The van der Waals surface area contributed by atoms with Gasteiger partial charge in [0.1, 0.15) is 0 Å². The van der Waals surface area contributed by atoms with Crippen molar-refractivity contribution in [1.29, 1.82) is 0 Å². The molecular formula is C17H25ClN2O3S. The van der Waals surface area contributed by atoms with Gasteiger partial charge in [-0.05, 0) is 43.9 Å².